The molecular weight excluding hydrogens is 324 g/mol. The van der Waals surface area contributed by atoms with Crippen LogP contribution in [0.5, 0.6) is 17.2 Å². The highest BCUT2D eigenvalue weighted by molar-refractivity contribution is 5.71. The molecule has 0 aromatic heterocycles. The molecule has 0 atom stereocenters. The molecule has 0 aliphatic rings. The third-order valence-corrected chi connectivity index (χ3v) is 4.00. The maximum atomic E-state index is 5.81. The summed E-state index contributed by atoms with van der Waals surface area (Å²) >= 11 is 0. The molecule has 0 aliphatic heterocycles. The minimum absolute atomic E-state index is 0.571. The van der Waals surface area contributed by atoms with E-state index in [0.29, 0.717) is 6.61 Å². The number of hydrogen-bond acceptors (Lipinski definition) is 3. The van der Waals surface area contributed by atoms with Gasteiger partial charge in [0, 0.05) is 0 Å². The maximum Gasteiger partial charge on any atom is 0.161 e. The molecule has 132 valence electrons. The first-order valence-corrected chi connectivity index (χ1v) is 8.45. The van der Waals surface area contributed by atoms with Crippen LogP contribution < -0.4 is 14.2 Å². The lowest BCUT2D eigenvalue weighted by Gasteiger charge is -2.08. The molecular formula is C23H22O3. The first-order chi connectivity index (χ1) is 12.8. The molecule has 3 rings (SSSR count). The van der Waals surface area contributed by atoms with Crippen LogP contribution in [0, 0.1) is 0 Å². The van der Waals surface area contributed by atoms with Gasteiger partial charge in [0.05, 0.1) is 14.2 Å². The van der Waals surface area contributed by atoms with Gasteiger partial charge in [-0.05, 0) is 41.0 Å². The zero-order valence-corrected chi connectivity index (χ0v) is 15.0. The second-order valence-electron chi connectivity index (χ2n) is 5.79. The molecule has 0 fully saturated rings. The van der Waals surface area contributed by atoms with E-state index in [1.54, 1.807) is 14.2 Å². The minimum Gasteiger partial charge on any atom is -0.493 e. The van der Waals surface area contributed by atoms with Crippen LogP contribution in [-0.2, 0) is 6.61 Å². The highest BCUT2D eigenvalue weighted by Crippen LogP contribution is 2.28. The van der Waals surface area contributed by atoms with E-state index in [2.05, 4.69) is 18.2 Å². The van der Waals surface area contributed by atoms with E-state index in [9.17, 15) is 0 Å². The SMILES string of the molecule is COc1ccc(/C=C/c2ccc(OCc3ccccc3)cc2)cc1OC. The van der Waals surface area contributed by atoms with Gasteiger partial charge in [-0.1, -0.05) is 60.7 Å². The van der Waals surface area contributed by atoms with E-state index in [-0.39, 0.29) is 0 Å². The van der Waals surface area contributed by atoms with Crippen LogP contribution in [0.15, 0.2) is 72.8 Å². The van der Waals surface area contributed by atoms with Crippen molar-refractivity contribution in [3.63, 3.8) is 0 Å². The maximum absolute atomic E-state index is 5.81. The largest absolute Gasteiger partial charge is 0.493 e. The molecule has 0 N–H and O–H groups in total. The predicted molar refractivity (Wildman–Crippen MR) is 106 cm³/mol. The number of ether oxygens (including phenoxy) is 3. The zero-order valence-electron chi connectivity index (χ0n) is 15.0. The van der Waals surface area contributed by atoms with Crippen molar-refractivity contribution in [3.8, 4) is 17.2 Å². The van der Waals surface area contributed by atoms with Gasteiger partial charge in [0.15, 0.2) is 11.5 Å². The molecule has 3 nitrogen and oxygen atoms in total. The molecule has 3 aromatic carbocycles. The van der Waals surface area contributed by atoms with Gasteiger partial charge >= 0.3 is 0 Å². The predicted octanol–water partition coefficient (Wildman–Crippen LogP) is 5.45. The summed E-state index contributed by atoms with van der Waals surface area (Å²) < 4.78 is 16.4. The van der Waals surface area contributed by atoms with Gasteiger partial charge in [0.2, 0.25) is 0 Å². The van der Waals surface area contributed by atoms with Crippen LogP contribution in [0.1, 0.15) is 16.7 Å². The van der Waals surface area contributed by atoms with Gasteiger partial charge in [-0.2, -0.15) is 0 Å². The van der Waals surface area contributed by atoms with Crippen molar-refractivity contribution in [2.24, 2.45) is 0 Å². The van der Waals surface area contributed by atoms with Crippen molar-refractivity contribution in [2.75, 3.05) is 14.2 Å². The van der Waals surface area contributed by atoms with E-state index < -0.39 is 0 Å². The average molecular weight is 346 g/mol. The van der Waals surface area contributed by atoms with Gasteiger partial charge in [-0.25, -0.2) is 0 Å². The second-order valence-corrected chi connectivity index (χ2v) is 5.79. The lowest BCUT2D eigenvalue weighted by Crippen LogP contribution is -1.94. The smallest absolute Gasteiger partial charge is 0.161 e. The Balaban J connectivity index is 1.62. The van der Waals surface area contributed by atoms with Crippen molar-refractivity contribution < 1.29 is 14.2 Å². The third kappa shape index (κ3) is 4.67. The van der Waals surface area contributed by atoms with Crippen molar-refractivity contribution in [3.05, 3.63) is 89.5 Å². The normalized spacial score (nSPS) is 10.7. The van der Waals surface area contributed by atoms with Gasteiger partial charge < -0.3 is 14.2 Å². The van der Waals surface area contributed by atoms with Crippen LogP contribution in [0.4, 0.5) is 0 Å². The molecule has 0 unspecified atom stereocenters. The number of hydrogen-bond donors (Lipinski definition) is 0. The highest BCUT2D eigenvalue weighted by Gasteiger charge is 2.02. The summed E-state index contributed by atoms with van der Waals surface area (Å²) in [6.45, 7) is 0.571. The van der Waals surface area contributed by atoms with Crippen LogP contribution in [0.25, 0.3) is 12.2 Å². The first kappa shape index (κ1) is 17.6. The summed E-state index contributed by atoms with van der Waals surface area (Å²) in [6, 6.07) is 24.0. The summed E-state index contributed by atoms with van der Waals surface area (Å²) in [6.07, 6.45) is 4.10. The Kier molecular flexibility index (Phi) is 5.94. The lowest BCUT2D eigenvalue weighted by molar-refractivity contribution is 0.306. The number of benzene rings is 3. The first-order valence-electron chi connectivity index (χ1n) is 8.45. The third-order valence-electron chi connectivity index (χ3n) is 4.00. The summed E-state index contributed by atoms with van der Waals surface area (Å²) in [5.74, 6) is 2.31. The Morgan fingerprint density at radius 1 is 0.692 bits per heavy atom. The zero-order chi connectivity index (χ0) is 18.2. The molecule has 3 aromatic rings. The Morgan fingerprint density at radius 2 is 1.35 bits per heavy atom. The van der Waals surface area contributed by atoms with Crippen molar-refractivity contribution in [2.45, 2.75) is 6.61 Å². The fourth-order valence-electron chi connectivity index (χ4n) is 2.56. The lowest BCUT2D eigenvalue weighted by atomic mass is 10.1. The van der Waals surface area contributed by atoms with E-state index in [4.69, 9.17) is 14.2 Å². The molecule has 3 heteroatoms. The molecule has 0 radical (unpaired) electrons. The van der Waals surface area contributed by atoms with E-state index in [1.807, 2.05) is 66.7 Å². The molecule has 0 heterocycles. The Labute approximate surface area is 154 Å². The molecule has 0 saturated carbocycles. The van der Waals surface area contributed by atoms with Crippen LogP contribution in [0.3, 0.4) is 0 Å². The van der Waals surface area contributed by atoms with Gasteiger partial charge in [-0.3, -0.25) is 0 Å². The summed E-state index contributed by atoms with van der Waals surface area (Å²) in [5.41, 5.74) is 3.31. The minimum atomic E-state index is 0.571. The molecule has 0 amide bonds. The molecule has 0 spiro atoms. The average Bonchev–Trinajstić information content (AvgIpc) is 2.72. The van der Waals surface area contributed by atoms with Crippen LogP contribution in [0.2, 0.25) is 0 Å². The van der Waals surface area contributed by atoms with Crippen molar-refractivity contribution in [1.29, 1.82) is 0 Å². The fraction of sp³-hybridized carbons (Fsp3) is 0.130. The van der Waals surface area contributed by atoms with E-state index in [1.165, 1.54) is 0 Å². The van der Waals surface area contributed by atoms with Gasteiger partial charge in [-0.15, -0.1) is 0 Å². The quantitative estimate of drug-likeness (QED) is 0.532. The van der Waals surface area contributed by atoms with Gasteiger partial charge in [0.1, 0.15) is 12.4 Å². The Bertz CT molecular complexity index is 852. The second kappa shape index (κ2) is 8.77. The molecule has 0 aliphatic carbocycles. The molecule has 0 bridgehead atoms. The number of methoxy groups -OCH3 is 2. The van der Waals surface area contributed by atoms with E-state index in [0.717, 1.165) is 33.9 Å². The summed E-state index contributed by atoms with van der Waals surface area (Å²) in [5, 5.41) is 0. The van der Waals surface area contributed by atoms with Crippen molar-refractivity contribution in [1.82, 2.24) is 0 Å². The summed E-state index contributed by atoms with van der Waals surface area (Å²) in [4.78, 5) is 0. The summed E-state index contributed by atoms with van der Waals surface area (Å²) in [7, 11) is 3.27. The number of rotatable bonds is 7. The molecule has 0 saturated heterocycles. The molecule has 26 heavy (non-hydrogen) atoms. The Hall–Kier alpha value is -3.20. The monoisotopic (exact) mass is 346 g/mol. The van der Waals surface area contributed by atoms with E-state index >= 15 is 0 Å². The van der Waals surface area contributed by atoms with Crippen LogP contribution in [-0.4, -0.2) is 14.2 Å². The standard InChI is InChI=1S/C23H22O3/c1-24-22-15-12-19(16-23(22)25-2)9-8-18-10-13-21(14-11-18)26-17-20-6-4-3-5-7-20/h3-16H,17H2,1-2H3/b9-8+. The van der Waals surface area contributed by atoms with Crippen molar-refractivity contribution >= 4 is 12.2 Å². The highest BCUT2D eigenvalue weighted by atomic mass is 16.5. The Morgan fingerprint density at radius 3 is 2.04 bits per heavy atom. The fourth-order valence-corrected chi connectivity index (χ4v) is 2.56. The van der Waals surface area contributed by atoms with Gasteiger partial charge in [0.25, 0.3) is 0 Å². The van der Waals surface area contributed by atoms with Crippen LogP contribution >= 0.6 is 0 Å². The topological polar surface area (TPSA) is 27.7 Å².